The van der Waals surface area contributed by atoms with E-state index in [0.29, 0.717) is 0 Å². The Morgan fingerprint density at radius 3 is 2.62 bits per heavy atom. The van der Waals surface area contributed by atoms with E-state index in [0.717, 1.165) is 16.9 Å². The lowest BCUT2D eigenvalue weighted by Crippen LogP contribution is -2.19. The third-order valence-corrected chi connectivity index (χ3v) is 2.78. The molecule has 2 aromatic rings. The van der Waals surface area contributed by atoms with Gasteiger partial charge < -0.3 is 5.32 Å². The average Bonchev–Trinajstić information content (AvgIpc) is 2.89. The van der Waals surface area contributed by atoms with Crippen molar-refractivity contribution in [2.45, 2.75) is 6.18 Å². The molecule has 2 rings (SSSR count). The fourth-order valence-electron chi connectivity index (χ4n) is 1.84. The molecule has 0 aliphatic carbocycles. The third kappa shape index (κ3) is 2.58. The molecule has 0 unspecified atom stereocenters. The first-order valence-corrected chi connectivity index (χ1v) is 5.77. The van der Waals surface area contributed by atoms with Crippen molar-refractivity contribution in [2.75, 3.05) is 7.05 Å². The van der Waals surface area contributed by atoms with Crippen LogP contribution in [-0.2, 0) is 6.18 Å². The van der Waals surface area contributed by atoms with Crippen molar-refractivity contribution >= 4 is 5.91 Å². The molecule has 0 aliphatic heterocycles. The Bertz CT molecular complexity index is 728. The van der Waals surface area contributed by atoms with E-state index in [1.807, 2.05) is 0 Å². The maximum atomic E-state index is 13.0. The number of nitrogens with zero attached hydrogens (tertiary/aromatic N) is 3. The van der Waals surface area contributed by atoms with E-state index in [9.17, 15) is 18.0 Å². The summed E-state index contributed by atoms with van der Waals surface area (Å²) in [7, 11) is 1.35. The van der Waals surface area contributed by atoms with Gasteiger partial charge in [-0.05, 0) is 12.1 Å². The van der Waals surface area contributed by atoms with Crippen LogP contribution in [-0.4, -0.2) is 22.7 Å². The topological polar surface area (TPSA) is 70.7 Å². The number of carbonyl (C=O) groups excluding carboxylic acids is 1. The van der Waals surface area contributed by atoms with Gasteiger partial charge in [-0.1, -0.05) is 12.1 Å². The molecule has 21 heavy (non-hydrogen) atoms. The van der Waals surface area contributed by atoms with Gasteiger partial charge in [0.1, 0.15) is 6.07 Å². The standard InChI is InChI=1S/C13H9F3N4O/c1-18-12(21)8-7-19-20(11(8)6-17)10-5-3-2-4-9(10)13(14,15)16/h2-5,7H,1H3,(H,18,21). The predicted octanol–water partition coefficient (Wildman–Crippen LogP) is 2.12. The number of halogens is 3. The molecular weight excluding hydrogens is 285 g/mol. The molecule has 0 atom stereocenters. The van der Waals surface area contributed by atoms with E-state index >= 15 is 0 Å². The number of amides is 1. The van der Waals surface area contributed by atoms with Crippen LogP contribution in [0, 0.1) is 11.3 Å². The Morgan fingerprint density at radius 2 is 2.05 bits per heavy atom. The summed E-state index contributed by atoms with van der Waals surface area (Å²) in [5, 5.41) is 15.1. The van der Waals surface area contributed by atoms with Gasteiger partial charge in [0.15, 0.2) is 5.69 Å². The minimum Gasteiger partial charge on any atom is -0.355 e. The highest BCUT2D eigenvalue weighted by Gasteiger charge is 2.34. The zero-order valence-corrected chi connectivity index (χ0v) is 10.8. The zero-order chi connectivity index (χ0) is 15.6. The highest BCUT2D eigenvalue weighted by Crippen LogP contribution is 2.34. The van der Waals surface area contributed by atoms with Gasteiger partial charge in [-0.2, -0.15) is 23.5 Å². The average molecular weight is 294 g/mol. The number of benzene rings is 1. The highest BCUT2D eigenvalue weighted by molar-refractivity contribution is 5.95. The van der Waals surface area contributed by atoms with E-state index in [-0.39, 0.29) is 16.9 Å². The van der Waals surface area contributed by atoms with E-state index in [1.54, 1.807) is 6.07 Å². The molecule has 108 valence electrons. The first-order chi connectivity index (χ1) is 9.90. The summed E-state index contributed by atoms with van der Waals surface area (Å²) >= 11 is 0. The molecule has 5 nitrogen and oxygen atoms in total. The van der Waals surface area contributed by atoms with E-state index < -0.39 is 17.6 Å². The lowest BCUT2D eigenvalue weighted by atomic mass is 10.1. The molecule has 0 radical (unpaired) electrons. The van der Waals surface area contributed by atoms with Crippen molar-refractivity contribution < 1.29 is 18.0 Å². The molecule has 0 saturated carbocycles. The van der Waals surface area contributed by atoms with E-state index in [1.165, 1.54) is 25.2 Å². The quantitative estimate of drug-likeness (QED) is 0.922. The Morgan fingerprint density at radius 1 is 1.38 bits per heavy atom. The van der Waals surface area contributed by atoms with Gasteiger partial charge in [-0.3, -0.25) is 4.79 Å². The van der Waals surface area contributed by atoms with Crippen LogP contribution in [0.25, 0.3) is 5.69 Å². The molecule has 1 amide bonds. The normalized spacial score (nSPS) is 11.0. The van der Waals surface area contributed by atoms with Gasteiger partial charge in [0, 0.05) is 7.05 Å². The third-order valence-electron chi connectivity index (χ3n) is 2.78. The first-order valence-electron chi connectivity index (χ1n) is 5.77. The number of hydrogen-bond acceptors (Lipinski definition) is 3. The summed E-state index contributed by atoms with van der Waals surface area (Å²) in [6.45, 7) is 0. The second-order valence-corrected chi connectivity index (χ2v) is 4.02. The molecule has 1 aromatic heterocycles. The Balaban J connectivity index is 2.68. The maximum Gasteiger partial charge on any atom is 0.418 e. The van der Waals surface area contributed by atoms with Crippen LogP contribution in [0.5, 0.6) is 0 Å². The number of nitrogens with one attached hydrogen (secondary N) is 1. The summed E-state index contributed by atoms with van der Waals surface area (Å²) < 4.78 is 39.8. The van der Waals surface area contributed by atoms with Crippen molar-refractivity contribution in [1.82, 2.24) is 15.1 Å². The molecule has 0 spiro atoms. The number of para-hydroxylation sites is 1. The van der Waals surface area contributed by atoms with Crippen LogP contribution in [0.3, 0.4) is 0 Å². The van der Waals surface area contributed by atoms with Crippen LogP contribution >= 0.6 is 0 Å². The summed E-state index contributed by atoms with van der Waals surface area (Å²) in [5.74, 6) is -0.595. The molecule has 8 heteroatoms. The van der Waals surface area contributed by atoms with Gasteiger partial charge in [0.25, 0.3) is 5.91 Å². The number of aromatic nitrogens is 2. The first kappa shape index (κ1) is 14.6. The molecule has 1 heterocycles. The number of nitriles is 1. The van der Waals surface area contributed by atoms with Crippen LogP contribution in [0.15, 0.2) is 30.5 Å². The summed E-state index contributed by atoms with van der Waals surface area (Å²) in [4.78, 5) is 11.6. The Labute approximate surface area is 117 Å². The smallest absolute Gasteiger partial charge is 0.355 e. The zero-order valence-electron chi connectivity index (χ0n) is 10.8. The molecule has 1 N–H and O–H groups in total. The molecule has 1 aromatic carbocycles. The van der Waals surface area contributed by atoms with Crippen molar-refractivity contribution in [2.24, 2.45) is 0 Å². The summed E-state index contributed by atoms with van der Waals surface area (Å²) in [6, 6.07) is 6.41. The van der Waals surface area contributed by atoms with Crippen LogP contribution < -0.4 is 5.32 Å². The molecule has 0 saturated heterocycles. The number of alkyl halides is 3. The largest absolute Gasteiger partial charge is 0.418 e. The monoisotopic (exact) mass is 294 g/mol. The van der Waals surface area contributed by atoms with Gasteiger partial charge in [-0.15, -0.1) is 0 Å². The fourth-order valence-corrected chi connectivity index (χ4v) is 1.84. The Hall–Kier alpha value is -2.82. The second-order valence-electron chi connectivity index (χ2n) is 4.02. The molecule has 0 bridgehead atoms. The van der Waals surface area contributed by atoms with E-state index in [4.69, 9.17) is 5.26 Å². The summed E-state index contributed by atoms with van der Waals surface area (Å²) in [5.41, 5.74) is -1.59. The van der Waals surface area contributed by atoms with Gasteiger partial charge in [0.2, 0.25) is 0 Å². The van der Waals surface area contributed by atoms with Gasteiger partial charge in [-0.25, -0.2) is 4.68 Å². The number of carbonyl (C=O) groups is 1. The maximum absolute atomic E-state index is 13.0. The van der Waals surface area contributed by atoms with Crippen molar-refractivity contribution in [3.05, 3.63) is 47.3 Å². The van der Waals surface area contributed by atoms with Crippen LogP contribution in [0.2, 0.25) is 0 Å². The molecule has 0 fully saturated rings. The lowest BCUT2D eigenvalue weighted by molar-refractivity contribution is -0.137. The predicted molar refractivity (Wildman–Crippen MR) is 66.7 cm³/mol. The Kier molecular flexibility index (Phi) is 3.67. The number of hydrogen-bond donors (Lipinski definition) is 1. The van der Waals surface area contributed by atoms with Crippen molar-refractivity contribution in [3.8, 4) is 11.8 Å². The van der Waals surface area contributed by atoms with E-state index in [2.05, 4.69) is 10.4 Å². The molecule has 0 aliphatic rings. The van der Waals surface area contributed by atoms with Crippen molar-refractivity contribution in [1.29, 1.82) is 5.26 Å². The lowest BCUT2D eigenvalue weighted by Gasteiger charge is -2.13. The number of rotatable bonds is 2. The van der Waals surface area contributed by atoms with Gasteiger partial charge >= 0.3 is 6.18 Å². The van der Waals surface area contributed by atoms with Crippen LogP contribution in [0.4, 0.5) is 13.2 Å². The highest BCUT2D eigenvalue weighted by atomic mass is 19.4. The minimum absolute atomic E-state index is 0.0861. The fraction of sp³-hybridized carbons (Fsp3) is 0.154. The van der Waals surface area contributed by atoms with Crippen molar-refractivity contribution in [3.63, 3.8) is 0 Å². The SMILES string of the molecule is CNC(=O)c1cnn(-c2ccccc2C(F)(F)F)c1C#N. The minimum atomic E-state index is -4.59. The van der Waals surface area contributed by atoms with Crippen LogP contribution in [0.1, 0.15) is 21.6 Å². The second kappa shape index (κ2) is 5.28. The molecular formula is C13H9F3N4O. The summed E-state index contributed by atoms with van der Waals surface area (Å²) in [6.07, 6.45) is -3.53. The van der Waals surface area contributed by atoms with Gasteiger partial charge in [0.05, 0.1) is 23.0 Å².